The number of pyridine rings is 1. The predicted octanol–water partition coefficient (Wildman–Crippen LogP) is 2.52. The van der Waals surface area contributed by atoms with Crippen molar-refractivity contribution in [3.05, 3.63) is 58.0 Å². The number of fused-ring (bicyclic) bond motifs is 1. The number of nitrogens with one attached hydrogen (secondary N) is 1. The van der Waals surface area contributed by atoms with Crippen LogP contribution in [-0.4, -0.2) is 18.0 Å². The molecule has 0 spiro atoms. The third kappa shape index (κ3) is 3.26. The highest BCUT2D eigenvalue weighted by molar-refractivity contribution is 7.89. The number of sulfonamides is 1. The van der Waals surface area contributed by atoms with E-state index in [1.165, 1.54) is 6.07 Å². The highest BCUT2D eigenvalue weighted by Crippen LogP contribution is 2.24. The van der Waals surface area contributed by atoms with Gasteiger partial charge in [-0.1, -0.05) is 11.3 Å². The molecule has 0 aliphatic heterocycles. The van der Waals surface area contributed by atoms with Crippen LogP contribution in [0.4, 0.5) is 0 Å². The predicted molar refractivity (Wildman–Crippen MR) is 94.7 cm³/mol. The molecule has 2 heterocycles. The number of aromatic nitrogens is 2. The van der Waals surface area contributed by atoms with Crippen LogP contribution in [-0.2, 0) is 16.6 Å². The van der Waals surface area contributed by atoms with Gasteiger partial charge in [-0.25, -0.2) is 13.1 Å². The largest absolute Gasteiger partial charge is 0.308 e. The summed E-state index contributed by atoms with van der Waals surface area (Å²) in [5.41, 5.74) is 1.58. The Labute approximate surface area is 143 Å². The van der Waals surface area contributed by atoms with Crippen molar-refractivity contribution < 1.29 is 8.42 Å². The molecule has 8 heteroatoms. The van der Waals surface area contributed by atoms with Gasteiger partial charge in [0.2, 0.25) is 10.0 Å². The Morgan fingerprint density at radius 2 is 1.92 bits per heavy atom. The van der Waals surface area contributed by atoms with Crippen LogP contribution < -0.4 is 9.60 Å². The van der Waals surface area contributed by atoms with Crippen LogP contribution in [0.25, 0.3) is 10.2 Å². The molecule has 3 aromatic rings. The molecule has 3 rings (SSSR count). The average Bonchev–Trinajstić information content (AvgIpc) is 2.89. The van der Waals surface area contributed by atoms with E-state index >= 15 is 0 Å². The van der Waals surface area contributed by atoms with E-state index in [9.17, 15) is 13.2 Å². The first kappa shape index (κ1) is 16.8. The molecule has 2 aromatic heterocycles. The normalized spacial score (nSPS) is 12.1. The van der Waals surface area contributed by atoms with E-state index in [1.807, 2.05) is 13.8 Å². The fraction of sp³-hybridized carbons (Fsp3) is 0.250. The molecule has 0 bridgehead atoms. The molecule has 0 saturated carbocycles. The number of nitrogens with zero attached hydrogens (tertiary/aromatic N) is 2. The van der Waals surface area contributed by atoms with Crippen molar-refractivity contribution in [3.8, 4) is 0 Å². The maximum atomic E-state index is 12.5. The molecular formula is C16H17N3O3S2. The lowest BCUT2D eigenvalue weighted by molar-refractivity contribution is 0.581. The van der Waals surface area contributed by atoms with Gasteiger partial charge in [0.15, 0.2) is 0 Å². The lowest BCUT2D eigenvalue weighted by atomic mass is 10.3. The molecule has 0 aliphatic carbocycles. The fourth-order valence-corrected chi connectivity index (χ4v) is 4.61. The monoisotopic (exact) mass is 363 g/mol. The average molecular weight is 363 g/mol. The molecular weight excluding hydrogens is 346 g/mol. The zero-order valence-corrected chi connectivity index (χ0v) is 14.9. The molecule has 24 heavy (non-hydrogen) atoms. The van der Waals surface area contributed by atoms with E-state index in [2.05, 4.69) is 9.71 Å². The molecule has 0 unspecified atom stereocenters. The molecule has 6 nitrogen and oxygen atoms in total. The summed E-state index contributed by atoms with van der Waals surface area (Å²) < 4.78 is 29.8. The van der Waals surface area contributed by atoms with Crippen molar-refractivity contribution >= 4 is 31.6 Å². The molecule has 126 valence electrons. The smallest absolute Gasteiger partial charge is 0.296 e. The Balaban J connectivity index is 1.92. The summed E-state index contributed by atoms with van der Waals surface area (Å²) in [4.78, 5) is 16.0. The minimum Gasteiger partial charge on any atom is -0.296 e. The summed E-state index contributed by atoms with van der Waals surface area (Å²) in [7, 11) is -3.65. The van der Waals surface area contributed by atoms with Gasteiger partial charge in [0.05, 0.1) is 15.1 Å². The van der Waals surface area contributed by atoms with Gasteiger partial charge in [-0.15, -0.1) is 0 Å². The summed E-state index contributed by atoms with van der Waals surface area (Å²) in [6.07, 6.45) is 3.23. The minimum absolute atomic E-state index is 0.0264. The maximum Gasteiger partial charge on any atom is 0.308 e. The van der Waals surface area contributed by atoms with Crippen LogP contribution in [0.2, 0.25) is 0 Å². The van der Waals surface area contributed by atoms with E-state index in [4.69, 9.17) is 0 Å². The molecule has 1 aromatic carbocycles. The van der Waals surface area contributed by atoms with E-state index < -0.39 is 10.0 Å². The molecule has 0 fully saturated rings. The Morgan fingerprint density at radius 3 is 2.58 bits per heavy atom. The second-order valence-corrected chi connectivity index (χ2v) is 8.40. The Kier molecular flexibility index (Phi) is 4.53. The number of hydrogen-bond acceptors (Lipinski definition) is 5. The second-order valence-electron chi connectivity index (χ2n) is 5.64. The van der Waals surface area contributed by atoms with Crippen molar-refractivity contribution in [1.29, 1.82) is 0 Å². The Hall–Kier alpha value is -2.03. The zero-order valence-electron chi connectivity index (χ0n) is 13.3. The van der Waals surface area contributed by atoms with Gasteiger partial charge in [0, 0.05) is 25.0 Å². The maximum absolute atomic E-state index is 12.5. The van der Waals surface area contributed by atoms with E-state index in [-0.39, 0.29) is 22.4 Å². The summed E-state index contributed by atoms with van der Waals surface area (Å²) in [5, 5.41) is 0. The van der Waals surface area contributed by atoms with Gasteiger partial charge >= 0.3 is 4.87 Å². The second kappa shape index (κ2) is 6.46. The van der Waals surface area contributed by atoms with Crippen molar-refractivity contribution in [3.63, 3.8) is 0 Å². The standard InChI is InChI=1S/C16H17N3O3S2/c1-11(2)19-14-4-3-13(9-15(14)23-16(19)20)24(21,22)18-10-12-5-7-17-8-6-12/h3-9,11,18H,10H2,1-2H3. The van der Waals surface area contributed by atoms with Crippen LogP contribution in [0, 0.1) is 0 Å². The van der Waals surface area contributed by atoms with Crippen LogP contribution >= 0.6 is 11.3 Å². The number of hydrogen-bond donors (Lipinski definition) is 1. The molecule has 0 radical (unpaired) electrons. The number of benzene rings is 1. The third-order valence-corrected chi connectivity index (χ3v) is 5.94. The number of rotatable bonds is 5. The molecule has 0 atom stereocenters. The third-order valence-electron chi connectivity index (χ3n) is 3.63. The number of thiazole rings is 1. The highest BCUT2D eigenvalue weighted by Gasteiger charge is 2.17. The molecule has 0 amide bonds. The van der Waals surface area contributed by atoms with E-state index in [0.29, 0.717) is 4.70 Å². The summed E-state index contributed by atoms with van der Waals surface area (Å²) in [5.74, 6) is 0. The van der Waals surface area contributed by atoms with Gasteiger partial charge in [-0.05, 0) is 49.7 Å². The quantitative estimate of drug-likeness (QED) is 0.755. The summed E-state index contributed by atoms with van der Waals surface area (Å²) in [6, 6.07) is 8.30. The van der Waals surface area contributed by atoms with Crippen molar-refractivity contribution in [2.45, 2.75) is 31.3 Å². The summed E-state index contributed by atoms with van der Waals surface area (Å²) in [6.45, 7) is 4.04. The van der Waals surface area contributed by atoms with Crippen molar-refractivity contribution in [2.24, 2.45) is 0 Å². The van der Waals surface area contributed by atoms with Crippen molar-refractivity contribution in [1.82, 2.24) is 14.3 Å². The SMILES string of the molecule is CC(C)n1c(=O)sc2cc(S(=O)(=O)NCc3ccncc3)ccc21. The van der Waals surface area contributed by atoms with Gasteiger partial charge in [0.1, 0.15) is 0 Å². The molecule has 0 aliphatic rings. The van der Waals surface area contributed by atoms with Gasteiger partial charge in [0.25, 0.3) is 0 Å². The first-order valence-corrected chi connectivity index (χ1v) is 9.72. The zero-order chi connectivity index (χ0) is 17.3. The topological polar surface area (TPSA) is 81.1 Å². The first-order chi connectivity index (χ1) is 11.4. The molecule has 1 N–H and O–H groups in total. The lowest BCUT2D eigenvalue weighted by Gasteiger charge is -2.09. The van der Waals surface area contributed by atoms with Gasteiger partial charge < -0.3 is 0 Å². The van der Waals surface area contributed by atoms with E-state index in [0.717, 1.165) is 22.4 Å². The summed E-state index contributed by atoms with van der Waals surface area (Å²) >= 11 is 1.06. The highest BCUT2D eigenvalue weighted by atomic mass is 32.2. The van der Waals surface area contributed by atoms with Crippen LogP contribution in [0.5, 0.6) is 0 Å². The minimum atomic E-state index is -3.65. The van der Waals surface area contributed by atoms with Crippen LogP contribution in [0.1, 0.15) is 25.5 Å². The molecule has 0 saturated heterocycles. The van der Waals surface area contributed by atoms with Gasteiger partial charge in [-0.2, -0.15) is 0 Å². The fourth-order valence-electron chi connectivity index (χ4n) is 2.44. The first-order valence-electron chi connectivity index (χ1n) is 7.42. The van der Waals surface area contributed by atoms with Gasteiger partial charge in [-0.3, -0.25) is 14.3 Å². The van der Waals surface area contributed by atoms with E-state index in [1.54, 1.807) is 41.2 Å². The van der Waals surface area contributed by atoms with Crippen LogP contribution in [0.15, 0.2) is 52.4 Å². The van der Waals surface area contributed by atoms with Crippen molar-refractivity contribution in [2.75, 3.05) is 0 Å². The lowest BCUT2D eigenvalue weighted by Crippen LogP contribution is -2.23. The Bertz CT molecular complexity index is 1020. The Morgan fingerprint density at radius 1 is 1.21 bits per heavy atom. The van der Waals surface area contributed by atoms with Crippen LogP contribution in [0.3, 0.4) is 0 Å².